The first-order chi connectivity index (χ1) is 10.2. The summed E-state index contributed by atoms with van der Waals surface area (Å²) in [4.78, 5) is 4.71. The van der Waals surface area contributed by atoms with Gasteiger partial charge in [-0.1, -0.05) is 0 Å². The van der Waals surface area contributed by atoms with Crippen molar-refractivity contribution in [3.8, 4) is 27.6 Å². The van der Waals surface area contributed by atoms with Gasteiger partial charge in [0.15, 0.2) is 0 Å². The number of aromatic nitrogens is 1. The number of thiazole rings is 1. The molecule has 1 heterocycles. The molecule has 106 valence electrons. The van der Waals surface area contributed by atoms with Gasteiger partial charge in [0.1, 0.15) is 10.8 Å². The van der Waals surface area contributed by atoms with E-state index in [1.807, 2.05) is 43.3 Å². The molecule has 3 nitrogen and oxygen atoms in total. The number of methoxy groups -OCH3 is 1. The van der Waals surface area contributed by atoms with Crippen LogP contribution in [-0.4, -0.2) is 12.1 Å². The summed E-state index contributed by atoms with van der Waals surface area (Å²) < 4.78 is 5.17. The highest BCUT2D eigenvalue weighted by Crippen LogP contribution is 2.31. The van der Waals surface area contributed by atoms with Crippen molar-refractivity contribution < 1.29 is 4.74 Å². The van der Waals surface area contributed by atoms with Crippen molar-refractivity contribution in [1.29, 1.82) is 0 Å². The molecule has 1 aromatic heterocycles. The fourth-order valence-corrected chi connectivity index (χ4v) is 2.94. The largest absolute Gasteiger partial charge is 0.497 e. The molecule has 0 bridgehead atoms. The molecule has 0 radical (unpaired) electrons. The van der Waals surface area contributed by atoms with Gasteiger partial charge >= 0.3 is 0 Å². The molecule has 0 spiro atoms. The topological polar surface area (TPSA) is 48.1 Å². The van der Waals surface area contributed by atoms with E-state index >= 15 is 0 Å². The first kappa shape index (κ1) is 13.6. The van der Waals surface area contributed by atoms with Gasteiger partial charge in [-0.15, -0.1) is 11.3 Å². The smallest absolute Gasteiger partial charge is 0.124 e. The molecular weight excluding hydrogens is 280 g/mol. The van der Waals surface area contributed by atoms with Crippen LogP contribution in [0.5, 0.6) is 5.75 Å². The Balaban J connectivity index is 1.93. The summed E-state index contributed by atoms with van der Waals surface area (Å²) in [5.74, 6) is 0.850. The number of ether oxygens (including phenoxy) is 1. The van der Waals surface area contributed by atoms with E-state index in [2.05, 4.69) is 11.4 Å². The van der Waals surface area contributed by atoms with Gasteiger partial charge in [-0.05, 0) is 55.0 Å². The summed E-state index contributed by atoms with van der Waals surface area (Å²) >= 11 is 1.64. The highest BCUT2D eigenvalue weighted by atomic mass is 32.1. The molecule has 0 saturated carbocycles. The number of hydrogen-bond acceptors (Lipinski definition) is 4. The van der Waals surface area contributed by atoms with Gasteiger partial charge < -0.3 is 10.5 Å². The second-order valence-electron chi connectivity index (χ2n) is 4.84. The van der Waals surface area contributed by atoms with E-state index in [1.165, 1.54) is 0 Å². The molecule has 0 aliphatic rings. The number of nitrogens with zero attached hydrogens (tertiary/aromatic N) is 1. The Hall–Kier alpha value is -2.33. The summed E-state index contributed by atoms with van der Waals surface area (Å²) in [6, 6.07) is 13.9. The predicted molar refractivity (Wildman–Crippen MR) is 88.7 cm³/mol. The fraction of sp³-hybridized carbons (Fsp3) is 0.118. The van der Waals surface area contributed by atoms with E-state index in [9.17, 15) is 0 Å². The fourth-order valence-electron chi connectivity index (χ4n) is 2.11. The number of aryl methyl sites for hydroxylation is 1. The standard InChI is InChI=1S/C17H16N2OS/c1-11-9-13(5-8-15(11)18)17-19-16(10-21-17)12-3-6-14(20-2)7-4-12/h3-10H,18H2,1-2H3. The van der Waals surface area contributed by atoms with Crippen molar-refractivity contribution in [2.45, 2.75) is 6.92 Å². The van der Waals surface area contributed by atoms with Gasteiger partial charge in [-0.3, -0.25) is 0 Å². The zero-order valence-electron chi connectivity index (χ0n) is 12.0. The van der Waals surface area contributed by atoms with E-state index in [0.29, 0.717) is 0 Å². The van der Waals surface area contributed by atoms with Crippen LogP contribution in [0.2, 0.25) is 0 Å². The van der Waals surface area contributed by atoms with E-state index in [1.54, 1.807) is 18.4 Å². The molecule has 0 atom stereocenters. The molecule has 3 aromatic rings. The second-order valence-corrected chi connectivity index (χ2v) is 5.70. The maximum Gasteiger partial charge on any atom is 0.124 e. The van der Waals surface area contributed by atoms with Crippen LogP contribution in [0.15, 0.2) is 47.8 Å². The van der Waals surface area contributed by atoms with Crippen LogP contribution < -0.4 is 10.5 Å². The second kappa shape index (κ2) is 5.58. The molecule has 0 amide bonds. The van der Waals surface area contributed by atoms with Crippen molar-refractivity contribution in [3.05, 3.63) is 53.4 Å². The minimum Gasteiger partial charge on any atom is -0.497 e. The Morgan fingerprint density at radius 3 is 2.43 bits per heavy atom. The van der Waals surface area contributed by atoms with Crippen molar-refractivity contribution in [3.63, 3.8) is 0 Å². The number of benzene rings is 2. The Morgan fingerprint density at radius 2 is 1.76 bits per heavy atom. The summed E-state index contributed by atoms with van der Waals surface area (Å²) in [5.41, 5.74) is 10.9. The lowest BCUT2D eigenvalue weighted by Gasteiger charge is -2.02. The molecule has 4 heteroatoms. The summed E-state index contributed by atoms with van der Waals surface area (Å²) in [6.45, 7) is 2.01. The average Bonchev–Trinajstić information content (AvgIpc) is 3.00. The minimum absolute atomic E-state index is 0.811. The molecule has 0 fully saturated rings. The number of hydrogen-bond donors (Lipinski definition) is 1. The van der Waals surface area contributed by atoms with Crippen LogP contribution >= 0.6 is 11.3 Å². The normalized spacial score (nSPS) is 10.6. The SMILES string of the molecule is COc1ccc(-c2csc(-c3ccc(N)c(C)c3)n2)cc1. The Bertz CT molecular complexity index is 763. The summed E-state index contributed by atoms with van der Waals surface area (Å²) in [6.07, 6.45) is 0. The number of nitrogen functional groups attached to an aromatic ring is 1. The third-order valence-corrected chi connectivity index (χ3v) is 4.30. The summed E-state index contributed by atoms with van der Waals surface area (Å²) in [7, 11) is 1.67. The number of rotatable bonds is 3. The molecule has 0 unspecified atom stereocenters. The van der Waals surface area contributed by atoms with Crippen LogP contribution in [0, 0.1) is 6.92 Å². The molecule has 0 saturated heterocycles. The Morgan fingerprint density at radius 1 is 1.05 bits per heavy atom. The maximum atomic E-state index is 5.86. The molecule has 0 aliphatic heterocycles. The lowest BCUT2D eigenvalue weighted by Crippen LogP contribution is -1.89. The lowest BCUT2D eigenvalue weighted by atomic mass is 10.1. The van der Waals surface area contributed by atoms with Crippen molar-refractivity contribution in [2.75, 3.05) is 12.8 Å². The maximum absolute atomic E-state index is 5.86. The van der Waals surface area contributed by atoms with Crippen LogP contribution in [-0.2, 0) is 0 Å². The van der Waals surface area contributed by atoms with Gasteiger partial charge in [0.05, 0.1) is 12.8 Å². The minimum atomic E-state index is 0.811. The average molecular weight is 296 g/mol. The first-order valence-electron chi connectivity index (χ1n) is 6.64. The lowest BCUT2D eigenvalue weighted by molar-refractivity contribution is 0.415. The van der Waals surface area contributed by atoms with E-state index in [4.69, 9.17) is 15.5 Å². The van der Waals surface area contributed by atoms with Crippen LogP contribution in [0.25, 0.3) is 21.8 Å². The molecule has 2 N–H and O–H groups in total. The van der Waals surface area contributed by atoms with Crippen molar-refractivity contribution >= 4 is 17.0 Å². The first-order valence-corrected chi connectivity index (χ1v) is 7.52. The number of anilines is 1. The molecule has 21 heavy (non-hydrogen) atoms. The Labute approximate surface area is 128 Å². The van der Waals surface area contributed by atoms with E-state index in [-0.39, 0.29) is 0 Å². The van der Waals surface area contributed by atoms with Gasteiger partial charge in [0.25, 0.3) is 0 Å². The molecule has 0 aliphatic carbocycles. The zero-order chi connectivity index (χ0) is 14.8. The highest BCUT2D eigenvalue weighted by molar-refractivity contribution is 7.13. The van der Waals surface area contributed by atoms with Gasteiger partial charge in [0.2, 0.25) is 0 Å². The van der Waals surface area contributed by atoms with E-state index < -0.39 is 0 Å². The Kier molecular flexibility index (Phi) is 3.62. The van der Waals surface area contributed by atoms with Crippen LogP contribution in [0.4, 0.5) is 5.69 Å². The number of nitrogens with two attached hydrogens (primary N) is 1. The molecule has 2 aromatic carbocycles. The van der Waals surface area contributed by atoms with Crippen LogP contribution in [0.3, 0.4) is 0 Å². The quantitative estimate of drug-likeness (QED) is 0.730. The van der Waals surface area contributed by atoms with Crippen LogP contribution in [0.1, 0.15) is 5.56 Å². The van der Waals surface area contributed by atoms with Crippen molar-refractivity contribution in [1.82, 2.24) is 4.98 Å². The monoisotopic (exact) mass is 296 g/mol. The third kappa shape index (κ3) is 2.76. The third-order valence-electron chi connectivity index (χ3n) is 3.41. The summed E-state index contributed by atoms with van der Waals surface area (Å²) in [5, 5.41) is 3.08. The van der Waals surface area contributed by atoms with Gasteiger partial charge in [-0.25, -0.2) is 4.98 Å². The van der Waals surface area contributed by atoms with E-state index in [0.717, 1.165) is 38.8 Å². The molecule has 3 rings (SSSR count). The van der Waals surface area contributed by atoms with Gasteiger partial charge in [0, 0.05) is 22.2 Å². The highest BCUT2D eigenvalue weighted by Gasteiger charge is 2.08. The van der Waals surface area contributed by atoms with Gasteiger partial charge in [-0.2, -0.15) is 0 Å². The predicted octanol–water partition coefficient (Wildman–Crippen LogP) is 4.38. The zero-order valence-corrected chi connectivity index (χ0v) is 12.8. The molecular formula is C17H16N2OS. The van der Waals surface area contributed by atoms with Crippen molar-refractivity contribution in [2.24, 2.45) is 0 Å².